The summed E-state index contributed by atoms with van der Waals surface area (Å²) in [6.07, 6.45) is -0.728. The third kappa shape index (κ3) is 3.87. The Balaban J connectivity index is 2.13. The first-order valence-electron chi connectivity index (χ1n) is 10.9. The first kappa shape index (κ1) is 23.4. The predicted molar refractivity (Wildman–Crippen MR) is 120 cm³/mol. The van der Waals surface area contributed by atoms with E-state index in [1.807, 2.05) is 74.5 Å². The number of nitro groups is 1. The monoisotopic (exact) mass is 438 g/mol. The average Bonchev–Trinajstić information content (AvgIpc) is 3.12. The minimum Gasteiger partial charge on any atom is -0.430 e. The summed E-state index contributed by atoms with van der Waals surface area (Å²) in [5.74, 6) is -1.88. The molecule has 3 rings (SSSR count). The van der Waals surface area contributed by atoms with Crippen LogP contribution in [0.25, 0.3) is 0 Å². The van der Waals surface area contributed by atoms with E-state index in [1.54, 1.807) is 13.8 Å². The second kappa shape index (κ2) is 9.10. The summed E-state index contributed by atoms with van der Waals surface area (Å²) in [6, 6.07) is 17.3. The number of amides is 2. The second-order valence-corrected chi connectivity index (χ2v) is 8.91. The molecule has 1 unspecified atom stereocenters. The standard InChI is InChI=1S/C25H30N2O5/c1-16(2)22-25(20-12-8-6-9-13-20,21-14-10-7-11-15-21)32-24(29)26(22)23(28)18(4)17(3)19(5)27(30)31/h6-19,22H,1-5H3/t17-,18-,19?,22+/m1/s1. The van der Waals surface area contributed by atoms with Gasteiger partial charge in [0.1, 0.15) is 0 Å². The van der Waals surface area contributed by atoms with Crippen molar-refractivity contribution in [1.82, 2.24) is 4.90 Å². The van der Waals surface area contributed by atoms with Gasteiger partial charge >= 0.3 is 6.09 Å². The van der Waals surface area contributed by atoms with Gasteiger partial charge in [-0.2, -0.15) is 0 Å². The van der Waals surface area contributed by atoms with Crippen LogP contribution in [0.1, 0.15) is 45.7 Å². The van der Waals surface area contributed by atoms with Gasteiger partial charge in [0.2, 0.25) is 11.9 Å². The summed E-state index contributed by atoms with van der Waals surface area (Å²) in [7, 11) is 0. The fraction of sp³-hybridized carbons (Fsp3) is 0.440. The van der Waals surface area contributed by atoms with Crippen molar-refractivity contribution < 1.29 is 19.2 Å². The first-order chi connectivity index (χ1) is 15.1. The Labute approximate surface area is 188 Å². The molecule has 7 nitrogen and oxygen atoms in total. The average molecular weight is 439 g/mol. The van der Waals surface area contributed by atoms with E-state index in [-0.39, 0.29) is 5.92 Å². The summed E-state index contributed by atoms with van der Waals surface area (Å²) < 4.78 is 6.10. The Morgan fingerprint density at radius 1 is 0.969 bits per heavy atom. The van der Waals surface area contributed by atoms with Gasteiger partial charge in [-0.05, 0) is 5.92 Å². The number of hydrogen-bond donors (Lipinski definition) is 0. The van der Waals surface area contributed by atoms with Gasteiger partial charge < -0.3 is 4.74 Å². The summed E-state index contributed by atoms with van der Waals surface area (Å²) >= 11 is 0. The highest BCUT2D eigenvalue weighted by atomic mass is 16.6. The molecule has 4 atom stereocenters. The van der Waals surface area contributed by atoms with Gasteiger partial charge in [-0.3, -0.25) is 14.9 Å². The van der Waals surface area contributed by atoms with E-state index in [4.69, 9.17) is 4.74 Å². The second-order valence-electron chi connectivity index (χ2n) is 8.91. The Hall–Kier alpha value is -3.22. The molecule has 0 spiro atoms. The zero-order valence-electron chi connectivity index (χ0n) is 19.1. The van der Waals surface area contributed by atoms with Crippen LogP contribution in [0, 0.1) is 27.9 Å². The molecule has 0 aromatic heterocycles. The third-order valence-electron chi connectivity index (χ3n) is 6.69. The van der Waals surface area contributed by atoms with Crippen molar-refractivity contribution in [2.75, 3.05) is 0 Å². The van der Waals surface area contributed by atoms with E-state index in [0.29, 0.717) is 0 Å². The maximum atomic E-state index is 13.6. The number of rotatable bonds is 7. The smallest absolute Gasteiger partial charge is 0.418 e. The molecule has 1 aliphatic heterocycles. The molecule has 0 radical (unpaired) electrons. The lowest BCUT2D eigenvalue weighted by molar-refractivity contribution is -0.528. The number of ether oxygens (including phenoxy) is 1. The van der Waals surface area contributed by atoms with Gasteiger partial charge in [0.15, 0.2) is 5.60 Å². The number of nitrogens with zero attached hydrogens (tertiary/aromatic N) is 2. The number of carbonyl (C=O) groups excluding carboxylic acids is 2. The first-order valence-corrected chi connectivity index (χ1v) is 10.9. The van der Waals surface area contributed by atoms with Crippen LogP contribution in [0.4, 0.5) is 4.79 Å². The fourth-order valence-electron chi connectivity index (χ4n) is 4.59. The molecule has 0 saturated carbocycles. The molecule has 1 heterocycles. The lowest BCUT2D eigenvalue weighted by Crippen LogP contribution is -2.52. The molecule has 2 aromatic rings. The van der Waals surface area contributed by atoms with Crippen molar-refractivity contribution in [1.29, 1.82) is 0 Å². The third-order valence-corrected chi connectivity index (χ3v) is 6.69. The summed E-state index contributed by atoms with van der Waals surface area (Å²) in [6.45, 7) is 8.68. The molecule has 0 bridgehead atoms. The van der Waals surface area contributed by atoms with Crippen LogP contribution in [0.3, 0.4) is 0 Å². The van der Waals surface area contributed by atoms with Crippen LogP contribution in [0.2, 0.25) is 0 Å². The molecular weight excluding hydrogens is 408 g/mol. The van der Waals surface area contributed by atoms with Crippen LogP contribution in [0.15, 0.2) is 60.7 Å². The van der Waals surface area contributed by atoms with Gasteiger partial charge in [0.05, 0.1) is 6.04 Å². The highest BCUT2D eigenvalue weighted by Gasteiger charge is 2.60. The van der Waals surface area contributed by atoms with Crippen molar-refractivity contribution in [3.63, 3.8) is 0 Å². The van der Waals surface area contributed by atoms with E-state index in [9.17, 15) is 19.7 Å². The van der Waals surface area contributed by atoms with Gasteiger partial charge in [-0.25, -0.2) is 9.69 Å². The highest BCUT2D eigenvalue weighted by Crippen LogP contribution is 2.47. The van der Waals surface area contributed by atoms with E-state index in [0.717, 1.165) is 11.1 Å². The number of carbonyl (C=O) groups is 2. The SMILES string of the molecule is CC(C)[C@@H]1N(C(=O)[C@H](C)[C@@H](C)C(C)[N+](=O)[O-])C(=O)OC1(c1ccccc1)c1ccccc1. The largest absolute Gasteiger partial charge is 0.430 e. The topological polar surface area (TPSA) is 89.8 Å². The number of hydrogen-bond acceptors (Lipinski definition) is 5. The normalized spacial score (nSPS) is 20.5. The maximum Gasteiger partial charge on any atom is 0.418 e. The molecule has 2 aromatic carbocycles. The van der Waals surface area contributed by atoms with Crippen LogP contribution in [-0.2, 0) is 15.1 Å². The summed E-state index contributed by atoms with van der Waals surface area (Å²) in [5.41, 5.74) is 0.363. The summed E-state index contributed by atoms with van der Waals surface area (Å²) in [4.78, 5) is 39.0. The fourth-order valence-corrected chi connectivity index (χ4v) is 4.59. The Bertz CT molecular complexity index is 937. The van der Waals surface area contributed by atoms with Crippen molar-refractivity contribution in [2.24, 2.45) is 17.8 Å². The van der Waals surface area contributed by atoms with E-state index < -0.39 is 46.4 Å². The van der Waals surface area contributed by atoms with Gasteiger partial charge in [0, 0.05) is 34.8 Å². The molecule has 1 fully saturated rings. The number of imide groups is 1. The Morgan fingerprint density at radius 3 is 1.84 bits per heavy atom. The summed E-state index contributed by atoms with van der Waals surface area (Å²) in [5, 5.41) is 11.3. The van der Waals surface area contributed by atoms with Crippen molar-refractivity contribution in [3.8, 4) is 0 Å². The van der Waals surface area contributed by atoms with Crippen LogP contribution in [-0.4, -0.2) is 33.9 Å². The van der Waals surface area contributed by atoms with E-state index >= 15 is 0 Å². The molecule has 7 heteroatoms. The quantitative estimate of drug-likeness (QED) is 0.454. The predicted octanol–water partition coefficient (Wildman–Crippen LogP) is 4.87. The van der Waals surface area contributed by atoms with Crippen LogP contribution < -0.4 is 0 Å². The van der Waals surface area contributed by atoms with E-state index in [2.05, 4.69) is 0 Å². The molecule has 0 N–H and O–H groups in total. The van der Waals surface area contributed by atoms with Crippen molar-refractivity contribution >= 4 is 12.0 Å². The van der Waals surface area contributed by atoms with Crippen LogP contribution in [0.5, 0.6) is 0 Å². The molecule has 2 amide bonds. The molecule has 170 valence electrons. The van der Waals surface area contributed by atoms with Gasteiger partial charge in [0.25, 0.3) is 0 Å². The molecule has 1 saturated heterocycles. The zero-order valence-corrected chi connectivity index (χ0v) is 19.1. The number of cyclic esters (lactones) is 1. The lowest BCUT2D eigenvalue weighted by Gasteiger charge is -2.38. The van der Waals surface area contributed by atoms with E-state index in [1.165, 1.54) is 11.8 Å². The molecular formula is C25H30N2O5. The molecule has 1 aliphatic rings. The maximum absolute atomic E-state index is 13.6. The minimum absolute atomic E-state index is 0.138. The molecule has 32 heavy (non-hydrogen) atoms. The highest BCUT2D eigenvalue weighted by molar-refractivity contribution is 5.96. The molecule has 0 aliphatic carbocycles. The Kier molecular flexibility index (Phi) is 6.67. The minimum atomic E-state index is -1.18. The van der Waals surface area contributed by atoms with Crippen LogP contribution >= 0.6 is 0 Å². The Morgan fingerprint density at radius 2 is 1.44 bits per heavy atom. The lowest BCUT2D eigenvalue weighted by atomic mass is 9.75. The van der Waals surface area contributed by atoms with Crippen molar-refractivity contribution in [2.45, 2.75) is 52.3 Å². The number of benzene rings is 2. The zero-order chi connectivity index (χ0) is 23.6. The van der Waals surface area contributed by atoms with Crippen molar-refractivity contribution in [3.05, 3.63) is 81.9 Å². The van der Waals surface area contributed by atoms with Gasteiger partial charge in [-0.1, -0.05) is 88.4 Å². The van der Waals surface area contributed by atoms with Gasteiger partial charge in [-0.15, -0.1) is 0 Å².